The van der Waals surface area contributed by atoms with Crippen molar-refractivity contribution in [2.75, 3.05) is 12.4 Å². The van der Waals surface area contributed by atoms with Gasteiger partial charge in [0, 0.05) is 22.4 Å². The van der Waals surface area contributed by atoms with Gasteiger partial charge in [0.1, 0.15) is 54.5 Å². The first-order chi connectivity index (χ1) is 36.9. The van der Waals surface area contributed by atoms with Crippen LogP contribution in [-0.4, -0.2) is 111 Å². The number of rotatable bonds is 19. The third kappa shape index (κ3) is 13.3. The fourth-order valence-corrected chi connectivity index (χ4v) is 12.0. The van der Waals surface area contributed by atoms with Gasteiger partial charge in [-0.2, -0.15) is 51.9 Å². The van der Waals surface area contributed by atoms with Crippen LogP contribution >= 0.6 is 11.3 Å². The van der Waals surface area contributed by atoms with Gasteiger partial charge in [0.2, 0.25) is 11.0 Å². The van der Waals surface area contributed by atoms with Crippen molar-refractivity contribution in [3.05, 3.63) is 108 Å². The fourth-order valence-electron chi connectivity index (χ4n) is 7.43. The molecular formula is C43H35N9O20S7. The van der Waals surface area contributed by atoms with Gasteiger partial charge in [-0.3, -0.25) is 22.8 Å². The van der Waals surface area contributed by atoms with Gasteiger partial charge in [-0.05, 0) is 79.1 Å². The van der Waals surface area contributed by atoms with Crippen molar-refractivity contribution in [1.82, 2.24) is 14.8 Å². The molecule has 0 saturated carbocycles. The summed E-state index contributed by atoms with van der Waals surface area (Å²) in [5.74, 6) is -3.00. The number of aryl methyl sites for hydroxylation is 1. The van der Waals surface area contributed by atoms with Gasteiger partial charge in [-0.25, -0.2) is 13.4 Å². The Kier molecular flexibility index (Phi) is 16.0. The van der Waals surface area contributed by atoms with E-state index in [1.807, 2.05) is 0 Å². The molecule has 0 unspecified atom stereocenters. The zero-order valence-electron chi connectivity index (χ0n) is 39.4. The number of azo groups is 3. The number of fused-ring (bicyclic) bond motifs is 2. The summed E-state index contributed by atoms with van der Waals surface area (Å²) in [6, 6.07) is 18.9. The fraction of sp³-hybridized carbons (Fsp3) is 0.116. The van der Waals surface area contributed by atoms with Gasteiger partial charge < -0.3 is 14.9 Å². The molecule has 0 atom stereocenters. The first-order valence-corrected chi connectivity index (χ1v) is 31.1. The molecular weight excluding hydrogens is 1190 g/mol. The molecule has 7 N–H and O–H groups in total. The number of phenolic OH excluding ortho intramolecular Hbond substituents is 1. The van der Waals surface area contributed by atoms with Gasteiger partial charge in [0.05, 0.1) is 44.0 Å². The maximum absolute atomic E-state index is 13.1. The van der Waals surface area contributed by atoms with Crippen LogP contribution in [-0.2, 0) is 67.0 Å². The number of phenols is 1. The van der Waals surface area contributed by atoms with Crippen molar-refractivity contribution in [1.29, 1.82) is 0 Å². The maximum Gasteiger partial charge on any atom is 0.297 e. The summed E-state index contributed by atoms with van der Waals surface area (Å²) in [6.07, 6.45) is -0.221. The van der Waals surface area contributed by atoms with Crippen LogP contribution in [0.25, 0.3) is 37.9 Å². The number of hydrogen-bond donors (Lipinski definition) is 8. The summed E-state index contributed by atoms with van der Waals surface area (Å²) in [6.45, 7) is 1.22. The van der Waals surface area contributed by atoms with Crippen LogP contribution in [0.4, 0.5) is 33.6 Å². The van der Waals surface area contributed by atoms with Crippen molar-refractivity contribution >= 4 is 127 Å². The van der Waals surface area contributed by atoms with E-state index in [9.17, 15) is 83.5 Å². The van der Waals surface area contributed by atoms with E-state index in [1.54, 1.807) is 25.1 Å². The molecule has 414 valence electrons. The predicted octanol–water partition coefficient (Wildman–Crippen LogP) is 8.02. The molecule has 0 saturated heterocycles. The van der Waals surface area contributed by atoms with Gasteiger partial charge in [0.25, 0.3) is 50.6 Å². The molecule has 2 heterocycles. The molecule has 0 radical (unpaired) electrons. The first kappa shape index (κ1) is 57.6. The lowest BCUT2D eigenvalue weighted by Crippen LogP contribution is -2.08. The maximum atomic E-state index is 13.1. The van der Waals surface area contributed by atoms with E-state index in [0.29, 0.717) is 28.4 Å². The minimum atomic E-state index is -5.28. The van der Waals surface area contributed by atoms with Gasteiger partial charge >= 0.3 is 0 Å². The number of thiazole rings is 1. The summed E-state index contributed by atoms with van der Waals surface area (Å²) in [4.78, 5) is 0.494. The van der Waals surface area contributed by atoms with Crippen molar-refractivity contribution in [2.45, 2.75) is 38.7 Å². The van der Waals surface area contributed by atoms with Gasteiger partial charge in [0.15, 0.2) is 11.4 Å². The highest BCUT2D eigenvalue weighted by atomic mass is 32.2. The highest BCUT2D eigenvalue weighted by Crippen LogP contribution is 2.45. The lowest BCUT2D eigenvalue weighted by Gasteiger charge is -2.11. The Balaban J connectivity index is 1.16. The summed E-state index contributed by atoms with van der Waals surface area (Å²) in [5, 5.41) is 51.0. The number of hydrogen-bond acceptors (Lipinski definition) is 24. The molecule has 8 aromatic rings. The first-order valence-electron chi connectivity index (χ1n) is 21.6. The SMILES string of the molecule is Cc1cc(N=Nc2ccc3c(S(=O)(=O)O)c(N=Nc4c(-c5ccccc5)nn(-c5cc(S(=O)(=O)O)cc(S(=O)(=O)O)c5)c4O)ccc3c2O)c(OCCCS(=O)(=O)O)cc1N=Nc1nc2c(S(=O)(=O)O)cc(C[SH](=O)=O)cc2s1. The molecule has 0 fully saturated rings. The van der Waals surface area contributed by atoms with E-state index in [-0.39, 0.29) is 78.8 Å². The summed E-state index contributed by atoms with van der Waals surface area (Å²) in [7, 11) is -27.8. The standard InChI is InChI=1S/C43H35N9O20S7/c1-22-14-33(34(72-12-5-13-75(57,58)59)20-32(22)47-50-43-44-38-35(73-43)15-23(21-74(55)56)16-36(38)78(66,67)68)48-45-30-10-9-29-28(40(30)53)8-11-31(41(29)79(69,70)71)46-49-39-37(24-6-3-2-4-7-24)51-52(42(39)54)25-17-26(76(60,61)62)19-27(18-25)77(63,64)65/h2-4,6-11,14-20,53-54,74H,5,12-13,21H2,1H3,(H,57,58,59)(H,60,61,62)(H,63,64,65)(H,66,67,68)(H,69,70,71). The number of ether oxygens (including phenoxy) is 1. The van der Waals surface area contributed by atoms with Crippen LogP contribution in [0, 0.1) is 6.92 Å². The molecule has 0 aliphatic carbocycles. The van der Waals surface area contributed by atoms with Crippen molar-refractivity contribution in [3.63, 3.8) is 0 Å². The number of benzene rings is 6. The van der Waals surface area contributed by atoms with Crippen LogP contribution < -0.4 is 4.74 Å². The lowest BCUT2D eigenvalue weighted by molar-refractivity contribution is 0.317. The van der Waals surface area contributed by atoms with E-state index >= 15 is 0 Å². The molecule has 0 bridgehead atoms. The predicted molar refractivity (Wildman–Crippen MR) is 279 cm³/mol. The Bertz CT molecular complexity index is 4530. The van der Waals surface area contributed by atoms with E-state index in [1.165, 1.54) is 30.3 Å². The van der Waals surface area contributed by atoms with Crippen LogP contribution in [0.1, 0.15) is 17.5 Å². The smallest absolute Gasteiger partial charge is 0.297 e. The Labute approximate surface area is 451 Å². The molecule has 0 aliphatic rings. The molecule has 6 aromatic carbocycles. The van der Waals surface area contributed by atoms with E-state index in [2.05, 4.69) is 40.8 Å². The van der Waals surface area contributed by atoms with Gasteiger partial charge in [-0.1, -0.05) is 47.7 Å². The van der Waals surface area contributed by atoms with Crippen LogP contribution in [0.5, 0.6) is 17.4 Å². The Morgan fingerprint density at radius 3 is 1.89 bits per heavy atom. The second-order valence-corrected chi connectivity index (χ2v) is 25.6. The second-order valence-electron chi connectivity index (χ2n) is 16.4. The normalized spacial score (nSPS) is 13.1. The van der Waals surface area contributed by atoms with Gasteiger partial charge in [-0.15, -0.1) is 30.7 Å². The monoisotopic (exact) mass is 1220 g/mol. The molecule has 0 aliphatic heterocycles. The minimum Gasteiger partial charge on any atom is -0.505 e. The molecule has 29 nitrogen and oxygen atoms in total. The average Bonchev–Trinajstić information content (AvgIpc) is 4.01. The molecule has 79 heavy (non-hydrogen) atoms. The average molecular weight is 1220 g/mol. The van der Waals surface area contributed by atoms with Crippen molar-refractivity contribution in [2.24, 2.45) is 30.7 Å². The molecule has 2 aromatic heterocycles. The largest absolute Gasteiger partial charge is 0.505 e. The molecule has 36 heteroatoms. The summed E-state index contributed by atoms with van der Waals surface area (Å²) >= 11 is 0.811. The molecule has 0 spiro atoms. The van der Waals surface area contributed by atoms with Crippen LogP contribution in [0.15, 0.2) is 147 Å². The Morgan fingerprint density at radius 2 is 1.27 bits per heavy atom. The Morgan fingerprint density at radius 1 is 0.646 bits per heavy atom. The number of thiol groups is 1. The number of aromatic hydroxyl groups is 2. The molecule has 8 rings (SSSR count). The second kappa shape index (κ2) is 21.9. The lowest BCUT2D eigenvalue weighted by atomic mass is 10.1. The highest BCUT2D eigenvalue weighted by molar-refractivity contribution is 7.87. The quantitative estimate of drug-likeness (QED) is 0.0164. The van der Waals surface area contributed by atoms with Crippen molar-refractivity contribution < 1.29 is 88.2 Å². The van der Waals surface area contributed by atoms with Crippen LogP contribution in [0.3, 0.4) is 0 Å². The number of aromatic nitrogens is 3. The van der Waals surface area contributed by atoms with E-state index in [0.717, 1.165) is 41.7 Å². The minimum absolute atomic E-state index is 0.0526. The van der Waals surface area contributed by atoms with E-state index < -0.39 is 121 Å². The van der Waals surface area contributed by atoms with E-state index in [4.69, 9.17) is 4.74 Å². The highest BCUT2D eigenvalue weighted by Gasteiger charge is 2.27. The third-order valence-corrected chi connectivity index (χ3v) is 16.7. The number of nitrogens with zero attached hydrogens (tertiary/aromatic N) is 9. The Hall–Kier alpha value is -7.62. The topological polar surface area (TPSA) is 461 Å². The van der Waals surface area contributed by atoms with Crippen LogP contribution in [0.2, 0.25) is 0 Å². The zero-order valence-corrected chi connectivity index (χ0v) is 45.2. The van der Waals surface area contributed by atoms with Crippen molar-refractivity contribution in [3.8, 4) is 34.3 Å². The molecule has 0 amide bonds. The third-order valence-electron chi connectivity index (χ3n) is 10.9. The zero-order chi connectivity index (χ0) is 57.6. The summed E-state index contributed by atoms with van der Waals surface area (Å²) < 4.78 is 200. The summed E-state index contributed by atoms with van der Waals surface area (Å²) in [5.41, 5.74) is -1.77.